The van der Waals surface area contributed by atoms with Crippen LogP contribution in [0.5, 0.6) is 0 Å². The maximum Gasteiger partial charge on any atom is 0.286 e. The number of aryl methyl sites for hydroxylation is 2. The van der Waals surface area contributed by atoms with Gasteiger partial charge in [-0.3, -0.25) is 4.79 Å². The van der Waals surface area contributed by atoms with Crippen molar-refractivity contribution in [2.24, 2.45) is 12.8 Å². The number of fused-ring (bicyclic) bond motifs is 1. The van der Waals surface area contributed by atoms with Crippen molar-refractivity contribution in [1.82, 2.24) is 19.5 Å². The maximum absolute atomic E-state index is 11.2. The van der Waals surface area contributed by atoms with Crippen molar-refractivity contribution in [3.8, 4) is 11.3 Å². The van der Waals surface area contributed by atoms with Crippen LogP contribution in [0, 0.1) is 6.92 Å². The first-order valence-corrected chi connectivity index (χ1v) is 6.11. The number of nitrogens with zero attached hydrogens (tertiary/aromatic N) is 4. The van der Waals surface area contributed by atoms with Gasteiger partial charge in [0.25, 0.3) is 5.91 Å². The molecule has 1 amide bonds. The van der Waals surface area contributed by atoms with Crippen molar-refractivity contribution in [1.29, 1.82) is 0 Å². The van der Waals surface area contributed by atoms with E-state index in [1.54, 1.807) is 13.3 Å². The topological polar surface area (TPSA) is 86.7 Å². The molecule has 2 heterocycles. The van der Waals surface area contributed by atoms with Crippen LogP contribution < -0.4 is 5.73 Å². The van der Waals surface area contributed by atoms with Crippen molar-refractivity contribution in [2.45, 2.75) is 6.92 Å². The monoisotopic (exact) mass is 267 g/mol. The Balaban J connectivity index is 2.17. The van der Waals surface area contributed by atoms with Gasteiger partial charge in [-0.1, -0.05) is 6.07 Å². The van der Waals surface area contributed by atoms with E-state index in [1.165, 1.54) is 0 Å². The molecule has 0 fully saturated rings. The fourth-order valence-corrected chi connectivity index (χ4v) is 2.12. The Labute approximate surface area is 115 Å². The molecule has 0 aliphatic rings. The molecule has 0 saturated carbocycles. The van der Waals surface area contributed by atoms with E-state index >= 15 is 0 Å². The lowest BCUT2D eigenvalue weighted by molar-refractivity contribution is 0.0990. The third-order valence-electron chi connectivity index (χ3n) is 3.10. The molecule has 0 aliphatic heterocycles. The molecule has 3 aromatic rings. The number of carbonyl (C=O) groups excluding carboxylic acids is 1. The number of carbonyl (C=O) groups is 1. The van der Waals surface area contributed by atoms with Gasteiger partial charge in [0.05, 0.1) is 23.1 Å². The zero-order chi connectivity index (χ0) is 14.3. The summed E-state index contributed by atoms with van der Waals surface area (Å²) in [5.74, 6) is -0.602. The number of aromatic nitrogens is 4. The Morgan fingerprint density at radius 2 is 2.05 bits per heavy atom. The molecule has 0 radical (unpaired) electrons. The van der Waals surface area contributed by atoms with E-state index in [9.17, 15) is 4.79 Å². The van der Waals surface area contributed by atoms with Crippen molar-refractivity contribution >= 4 is 16.9 Å². The van der Waals surface area contributed by atoms with Gasteiger partial charge in [-0.25, -0.2) is 15.0 Å². The van der Waals surface area contributed by atoms with E-state index in [0.29, 0.717) is 11.4 Å². The molecule has 2 aromatic heterocycles. The molecule has 100 valence electrons. The zero-order valence-corrected chi connectivity index (χ0v) is 11.2. The summed E-state index contributed by atoms with van der Waals surface area (Å²) >= 11 is 0. The quantitative estimate of drug-likeness (QED) is 0.761. The average Bonchev–Trinajstić information content (AvgIpc) is 2.79. The highest BCUT2D eigenvalue weighted by Gasteiger charge is 2.10. The summed E-state index contributed by atoms with van der Waals surface area (Å²) < 4.78 is 1.94. The lowest BCUT2D eigenvalue weighted by Crippen LogP contribution is -2.16. The molecule has 1 aromatic carbocycles. The van der Waals surface area contributed by atoms with Crippen LogP contribution in [0.25, 0.3) is 22.3 Å². The fourth-order valence-electron chi connectivity index (χ4n) is 2.12. The van der Waals surface area contributed by atoms with Crippen LogP contribution in [-0.2, 0) is 7.05 Å². The van der Waals surface area contributed by atoms with Gasteiger partial charge in [-0.2, -0.15) is 0 Å². The largest absolute Gasteiger partial charge is 0.363 e. The zero-order valence-electron chi connectivity index (χ0n) is 11.2. The Morgan fingerprint density at radius 1 is 1.25 bits per heavy atom. The second-order valence-electron chi connectivity index (χ2n) is 4.64. The Bertz CT molecular complexity index is 822. The van der Waals surface area contributed by atoms with Crippen LogP contribution in [-0.4, -0.2) is 25.4 Å². The van der Waals surface area contributed by atoms with Crippen molar-refractivity contribution in [2.75, 3.05) is 0 Å². The molecule has 6 nitrogen and oxygen atoms in total. The number of primary amides is 1. The summed E-state index contributed by atoms with van der Waals surface area (Å²) in [4.78, 5) is 23.8. The lowest BCUT2D eigenvalue weighted by atomic mass is 10.1. The molecular formula is C14H13N5O. The van der Waals surface area contributed by atoms with Gasteiger partial charge in [-0.15, -0.1) is 0 Å². The molecule has 0 unspecified atom stereocenters. The van der Waals surface area contributed by atoms with Gasteiger partial charge >= 0.3 is 0 Å². The van der Waals surface area contributed by atoms with Crippen LogP contribution in [0.15, 0.2) is 30.6 Å². The summed E-state index contributed by atoms with van der Waals surface area (Å²) in [7, 11) is 1.94. The summed E-state index contributed by atoms with van der Waals surface area (Å²) in [5, 5.41) is 0. The second kappa shape index (κ2) is 4.41. The predicted molar refractivity (Wildman–Crippen MR) is 75.0 cm³/mol. The van der Waals surface area contributed by atoms with E-state index in [0.717, 1.165) is 16.6 Å². The van der Waals surface area contributed by atoms with Crippen LogP contribution in [0.1, 0.15) is 16.3 Å². The Hall–Kier alpha value is -2.76. The molecule has 0 bridgehead atoms. The van der Waals surface area contributed by atoms with Crippen LogP contribution in [0.2, 0.25) is 0 Å². The standard InChI is InChI=1S/C14H13N5O/c1-8-5-10(18-14(17-8)13(15)20)9-3-4-12-11(6-9)16-7-19(12)2/h3-7H,1-2H3,(H2,15,20). The van der Waals surface area contributed by atoms with Gasteiger partial charge in [0.2, 0.25) is 5.82 Å². The summed E-state index contributed by atoms with van der Waals surface area (Å²) in [6.45, 7) is 1.80. The number of hydrogen-bond acceptors (Lipinski definition) is 4. The predicted octanol–water partition coefficient (Wildman–Crippen LogP) is 1.44. The van der Waals surface area contributed by atoms with Gasteiger partial charge in [0, 0.05) is 18.3 Å². The molecule has 20 heavy (non-hydrogen) atoms. The van der Waals surface area contributed by atoms with E-state index in [4.69, 9.17) is 5.73 Å². The Morgan fingerprint density at radius 3 is 2.80 bits per heavy atom. The Kier molecular flexibility index (Phi) is 2.71. The van der Waals surface area contributed by atoms with E-state index in [2.05, 4.69) is 15.0 Å². The van der Waals surface area contributed by atoms with Crippen molar-refractivity contribution in [3.05, 3.63) is 42.1 Å². The van der Waals surface area contributed by atoms with Crippen molar-refractivity contribution in [3.63, 3.8) is 0 Å². The van der Waals surface area contributed by atoms with E-state index in [-0.39, 0.29) is 5.82 Å². The molecule has 2 N–H and O–H groups in total. The minimum absolute atomic E-state index is 0.0288. The number of benzene rings is 1. The van der Waals surface area contributed by atoms with Gasteiger partial charge in [0.1, 0.15) is 0 Å². The first-order chi connectivity index (χ1) is 9.54. The summed E-state index contributed by atoms with van der Waals surface area (Å²) in [5.41, 5.74) is 9.40. The van der Waals surface area contributed by atoms with E-state index in [1.807, 2.05) is 35.9 Å². The molecule has 0 saturated heterocycles. The van der Waals surface area contributed by atoms with Crippen LogP contribution in [0.3, 0.4) is 0 Å². The average molecular weight is 267 g/mol. The minimum atomic E-state index is -0.631. The second-order valence-corrected chi connectivity index (χ2v) is 4.64. The first kappa shape index (κ1) is 12.3. The van der Waals surface area contributed by atoms with Crippen LogP contribution in [0.4, 0.5) is 0 Å². The summed E-state index contributed by atoms with van der Waals surface area (Å²) in [6.07, 6.45) is 1.76. The van der Waals surface area contributed by atoms with Gasteiger partial charge < -0.3 is 10.3 Å². The highest BCUT2D eigenvalue weighted by atomic mass is 16.1. The normalized spacial score (nSPS) is 10.9. The van der Waals surface area contributed by atoms with E-state index < -0.39 is 5.91 Å². The smallest absolute Gasteiger partial charge is 0.286 e. The number of nitrogens with two attached hydrogens (primary N) is 1. The molecule has 6 heteroatoms. The third kappa shape index (κ3) is 2.01. The number of amides is 1. The number of imidazole rings is 1. The first-order valence-electron chi connectivity index (χ1n) is 6.11. The fraction of sp³-hybridized carbons (Fsp3) is 0.143. The molecule has 3 rings (SSSR count). The molecule has 0 spiro atoms. The third-order valence-corrected chi connectivity index (χ3v) is 3.10. The minimum Gasteiger partial charge on any atom is -0.363 e. The van der Waals surface area contributed by atoms with Gasteiger partial charge in [-0.05, 0) is 25.1 Å². The highest BCUT2D eigenvalue weighted by Crippen LogP contribution is 2.22. The number of rotatable bonds is 2. The van der Waals surface area contributed by atoms with Crippen molar-refractivity contribution < 1.29 is 4.79 Å². The van der Waals surface area contributed by atoms with Gasteiger partial charge in [0.15, 0.2) is 0 Å². The summed E-state index contributed by atoms with van der Waals surface area (Å²) in [6, 6.07) is 7.66. The molecule has 0 aliphatic carbocycles. The lowest BCUT2D eigenvalue weighted by Gasteiger charge is -2.04. The maximum atomic E-state index is 11.2. The SMILES string of the molecule is Cc1cc(-c2ccc3c(c2)ncn3C)nc(C(N)=O)n1. The van der Waals surface area contributed by atoms with Crippen LogP contribution >= 0.6 is 0 Å². The molecule has 0 atom stereocenters. The highest BCUT2D eigenvalue weighted by molar-refractivity contribution is 5.89. The molecular weight excluding hydrogens is 254 g/mol. The number of hydrogen-bond donors (Lipinski definition) is 1.